The van der Waals surface area contributed by atoms with Crippen LogP contribution in [0.3, 0.4) is 0 Å². The van der Waals surface area contributed by atoms with Gasteiger partial charge in [0.15, 0.2) is 0 Å². The molecule has 0 aromatic heterocycles. The summed E-state index contributed by atoms with van der Waals surface area (Å²) in [5.41, 5.74) is 1.62. The van der Waals surface area contributed by atoms with Gasteiger partial charge in [0, 0.05) is 32.7 Å². The predicted octanol–water partition coefficient (Wildman–Crippen LogP) is 4.82. The molecular weight excluding hydrogens is 473 g/mol. The fourth-order valence-corrected chi connectivity index (χ4v) is 5.94. The lowest BCUT2D eigenvalue weighted by Gasteiger charge is -2.38. The maximum atomic E-state index is 13.4. The van der Waals surface area contributed by atoms with E-state index in [9.17, 15) is 23.1 Å². The van der Waals surface area contributed by atoms with Crippen molar-refractivity contribution in [3.05, 3.63) is 71.3 Å². The second-order valence-electron chi connectivity index (χ2n) is 9.26. The maximum absolute atomic E-state index is 13.4. The lowest BCUT2D eigenvalue weighted by Crippen LogP contribution is -2.48. The SMILES string of the molecule is CCC(CC)(CCN1CCN(CCOC(c2ccc(F)cc2)c2ccc(F)cc2)CC1)P(=O)(O)O. The fourth-order valence-electron chi connectivity index (χ4n) is 4.72. The van der Waals surface area contributed by atoms with Gasteiger partial charge in [-0.15, -0.1) is 0 Å². The highest BCUT2D eigenvalue weighted by Crippen LogP contribution is 2.56. The Bertz CT molecular complexity index is 911. The van der Waals surface area contributed by atoms with Crippen molar-refractivity contribution >= 4 is 7.60 Å². The first-order valence-corrected chi connectivity index (χ1v) is 13.9. The van der Waals surface area contributed by atoms with E-state index in [0.29, 0.717) is 32.4 Å². The molecule has 2 N–H and O–H groups in total. The molecule has 2 aromatic rings. The summed E-state index contributed by atoms with van der Waals surface area (Å²) in [7, 11) is -4.16. The first-order valence-electron chi connectivity index (χ1n) is 12.3. The fraction of sp³-hybridized carbons (Fsp3) is 0.538. The van der Waals surface area contributed by atoms with Crippen molar-refractivity contribution in [2.45, 2.75) is 44.4 Å². The third kappa shape index (κ3) is 7.42. The molecule has 0 aliphatic carbocycles. The van der Waals surface area contributed by atoms with E-state index in [1.807, 2.05) is 13.8 Å². The Morgan fingerprint density at radius 1 is 0.857 bits per heavy atom. The van der Waals surface area contributed by atoms with Gasteiger partial charge in [-0.05, 0) is 61.2 Å². The average Bonchev–Trinajstić information content (AvgIpc) is 2.84. The predicted molar refractivity (Wildman–Crippen MR) is 133 cm³/mol. The molecule has 2 aromatic carbocycles. The number of ether oxygens (including phenoxy) is 1. The molecule has 0 spiro atoms. The van der Waals surface area contributed by atoms with Crippen LogP contribution in [0.1, 0.15) is 50.3 Å². The maximum Gasteiger partial charge on any atom is 0.331 e. The first kappa shape index (κ1) is 27.9. The van der Waals surface area contributed by atoms with Gasteiger partial charge in [-0.25, -0.2) is 8.78 Å². The largest absolute Gasteiger partial charge is 0.367 e. The van der Waals surface area contributed by atoms with E-state index in [4.69, 9.17) is 4.74 Å². The molecule has 9 heteroatoms. The minimum atomic E-state index is -4.16. The zero-order chi connectivity index (χ0) is 25.5. The molecule has 0 atom stereocenters. The molecule has 0 unspecified atom stereocenters. The molecule has 194 valence electrons. The van der Waals surface area contributed by atoms with Crippen molar-refractivity contribution in [1.29, 1.82) is 0 Å². The zero-order valence-electron chi connectivity index (χ0n) is 20.6. The van der Waals surface area contributed by atoms with Crippen LogP contribution in [0.5, 0.6) is 0 Å². The van der Waals surface area contributed by atoms with Crippen LogP contribution in [0.25, 0.3) is 0 Å². The summed E-state index contributed by atoms with van der Waals surface area (Å²) in [5.74, 6) is -0.638. The van der Waals surface area contributed by atoms with Gasteiger partial charge in [0.1, 0.15) is 17.7 Å². The number of nitrogens with zero attached hydrogens (tertiary/aromatic N) is 2. The van der Waals surface area contributed by atoms with Crippen LogP contribution in [0, 0.1) is 11.6 Å². The van der Waals surface area contributed by atoms with E-state index in [2.05, 4.69) is 9.80 Å². The van der Waals surface area contributed by atoms with Crippen molar-refractivity contribution in [2.24, 2.45) is 0 Å². The van der Waals surface area contributed by atoms with Crippen LogP contribution in [-0.2, 0) is 9.30 Å². The Morgan fingerprint density at radius 3 is 1.69 bits per heavy atom. The summed E-state index contributed by atoms with van der Waals surface area (Å²) < 4.78 is 45.1. The van der Waals surface area contributed by atoms with E-state index in [1.54, 1.807) is 24.3 Å². The molecule has 1 aliphatic heterocycles. The van der Waals surface area contributed by atoms with E-state index in [0.717, 1.165) is 43.9 Å². The second kappa shape index (κ2) is 12.5. The van der Waals surface area contributed by atoms with Gasteiger partial charge in [0.2, 0.25) is 0 Å². The molecule has 0 saturated carbocycles. The van der Waals surface area contributed by atoms with Gasteiger partial charge >= 0.3 is 7.60 Å². The Labute approximate surface area is 207 Å². The zero-order valence-corrected chi connectivity index (χ0v) is 21.5. The lowest BCUT2D eigenvalue weighted by atomic mass is 9.97. The quantitative estimate of drug-likeness (QED) is 0.399. The van der Waals surface area contributed by atoms with Crippen LogP contribution < -0.4 is 0 Å². The number of hydrogen-bond donors (Lipinski definition) is 2. The third-order valence-electron chi connectivity index (χ3n) is 7.33. The van der Waals surface area contributed by atoms with Crippen LogP contribution >= 0.6 is 7.60 Å². The van der Waals surface area contributed by atoms with Crippen molar-refractivity contribution in [3.63, 3.8) is 0 Å². The Hall–Kier alpha value is -1.67. The molecule has 0 bridgehead atoms. The number of benzene rings is 2. The summed E-state index contributed by atoms with van der Waals surface area (Å²) >= 11 is 0. The Morgan fingerprint density at radius 2 is 1.29 bits per heavy atom. The van der Waals surface area contributed by atoms with Gasteiger partial charge < -0.3 is 19.4 Å². The molecular formula is C26H37F2N2O4P. The van der Waals surface area contributed by atoms with Crippen LogP contribution in [-0.4, -0.2) is 70.6 Å². The van der Waals surface area contributed by atoms with Gasteiger partial charge in [-0.2, -0.15) is 0 Å². The van der Waals surface area contributed by atoms with Crippen molar-refractivity contribution < 1.29 is 27.9 Å². The van der Waals surface area contributed by atoms with E-state index in [1.165, 1.54) is 24.3 Å². The summed E-state index contributed by atoms with van der Waals surface area (Å²) in [6, 6.07) is 12.3. The van der Waals surface area contributed by atoms with Crippen LogP contribution in [0.15, 0.2) is 48.5 Å². The molecule has 0 radical (unpaired) electrons. The normalized spacial score (nSPS) is 16.2. The van der Waals surface area contributed by atoms with Gasteiger partial charge in [-0.3, -0.25) is 9.46 Å². The Kier molecular flexibility index (Phi) is 9.99. The molecule has 3 rings (SSSR count). The number of halogens is 2. The van der Waals surface area contributed by atoms with Gasteiger partial charge in [0.05, 0.1) is 11.8 Å². The van der Waals surface area contributed by atoms with Crippen molar-refractivity contribution in [2.75, 3.05) is 45.9 Å². The Balaban J connectivity index is 1.50. The molecule has 0 amide bonds. The first-order chi connectivity index (χ1) is 16.7. The van der Waals surface area contributed by atoms with E-state index in [-0.39, 0.29) is 11.6 Å². The van der Waals surface area contributed by atoms with E-state index < -0.39 is 18.9 Å². The summed E-state index contributed by atoms with van der Waals surface area (Å²) in [4.78, 5) is 24.3. The van der Waals surface area contributed by atoms with Gasteiger partial charge in [0.25, 0.3) is 0 Å². The highest BCUT2D eigenvalue weighted by atomic mass is 31.2. The van der Waals surface area contributed by atoms with Crippen LogP contribution in [0.2, 0.25) is 0 Å². The average molecular weight is 511 g/mol. The molecule has 1 heterocycles. The second-order valence-corrected chi connectivity index (χ2v) is 11.3. The summed E-state index contributed by atoms with van der Waals surface area (Å²) in [6.45, 7) is 8.94. The summed E-state index contributed by atoms with van der Waals surface area (Å²) in [5, 5.41) is -0.937. The number of rotatable bonds is 12. The van der Waals surface area contributed by atoms with Crippen LogP contribution in [0.4, 0.5) is 8.78 Å². The smallest absolute Gasteiger partial charge is 0.331 e. The highest BCUT2D eigenvalue weighted by Gasteiger charge is 2.43. The third-order valence-corrected chi connectivity index (χ3v) is 9.42. The minimum Gasteiger partial charge on any atom is -0.367 e. The van der Waals surface area contributed by atoms with Crippen molar-refractivity contribution in [3.8, 4) is 0 Å². The molecule has 1 saturated heterocycles. The number of hydrogen-bond acceptors (Lipinski definition) is 4. The molecule has 35 heavy (non-hydrogen) atoms. The monoisotopic (exact) mass is 510 g/mol. The van der Waals surface area contributed by atoms with Gasteiger partial charge in [-0.1, -0.05) is 38.1 Å². The molecule has 6 nitrogen and oxygen atoms in total. The molecule has 1 fully saturated rings. The topological polar surface area (TPSA) is 73.2 Å². The molecule has 1 aliphatic rings. The highest BCUT2D eigenvalue weighted by molar-refractivity contribution is 7.53. The number of piperazine rings is 1. The lowest BCUT2D eigenvalue weighted by molar-refractivity contribution is 0.0444. The minimum absolute atomic E-state index is 0.319. The van der Waals surface area contributed by atoms with E-state index >= 15 is 0 Å². The van der Waals surface area contributed by atoms with Crippen molar-refractivity contribution in [1.82, 2.24) is 9.80 Å². The standard InChI is InChI=1S/C26H37F2N2O4P/c1-3-26(4-2,35(31,32)33)13-14-29-15-17-30(18-16-29)19-20-34-25(21-5-9-23(27)10-6-21)22-7-11-24(28)12-8-22/h5-12,25H,3-4,13-20H2,1-2H3,(H2,31,32,33). The summed E-state index contributed by atoms with van der Waals surface area (Å²) in [6.07, 6.45) is 1.01.